The topological polar surface area (TPSA) is 46.6 Å². The fourth-order valence-corrected chi connectivity index (χ4v) is 2.20. The number of hydrogen-bond acceptors (Lipinski definition) is 3. The summed E-state index contributed by atoms with van der Waals surface area (Å²) in [6.07, 6.45) is 0.536. The number of hydrogen-bond donors (Lipinski definition) is 0. The standard InChI is InChI=1S/C13H15NO3/c1-3-17-13(16)12-8-10-6-4-5-7-11(10)14(12)9(2)15/h4-7,12H,3,8H2,1-2H3/t12-/m0/s1. The third-order valence-corrected chi connectivity index (χ3v) is 2.87. The summed E-state index contributed by atoms with van der Waals surface area (Å²) in [6, 6.07) is 7.05. The molecule has 1 aromatic rings. The summed E-state index contributed by atoms with van der Waals surface area (Å²) in [7, 11) is 0. The summed E-state index contributed by atoms with van der Waals surface area (Å²) >= 11 is 0. The van der Waals surface area contributed by atoms with E-state index in [2.05, 4.69) is 0 Å². The van der Waals surface area contributed by atoms with Crippen molar-refractivity contribution in [3.63, 3.8) is 0 Å². The highest BCUT2D eigenvalue weighted by Crippen LogP contribution is 2.32. The number of fused-ring (bicyclic) bond motifs is 1. The van der Waals surface area contributed by atoms with Crippen LogP contribution in [0, 0.1) is 0 Å². The normalized spacial score (nSPS) is 17.8. The summed E-state index contributed by atoms with van der Waals surface area (Å²) in [5, 5.41) is 0. The van der Waals surface area contributed by atoms with E-state index in [1.165, 1.54) is 11.8 Å². The van der Waals surface area contributed by atoms with Crippen molar-refractivity contribution in [3.05, 3.63) is 29.8 Å². The third kappa shape index (κ3) is 2.02. The van der Waals surface area contributed by atoms with E-state index in [0.717, 1.165) is 11.3 Å². The van der Waals surface area contributed by atoms with Crippen LogP contribution in [-0.2, 0) is 20.7 Å². The molecule has 1 aliphatic rings. The molecule has 0 aromatic heterocycles. The third-order valence-electron chi connectivity index (χ3n) is 2.87. The van der Waals surface area contributed by atoms with Gasteiger partial charge in [-0.2, -0.15) is 0 Å². The molecule has 1 atom stereocenters. The van der Waals surface area contributed by atoms with Crippen LogP contribution in [0.2, 0.25) is 0 Å². The van der Waals surface area contributed by atoms with Crippen LogP contribution in [0.5, 0.6) is 0 Å². The highest BCUT2D eigenvalue weighted by molar-refractivity contribution is 6.01. The van der Waals surface area contributed by atoms with Crippen LogP contribution in [0.3, 0.4) is 0 Å². The van der Waals surface area contributed by atoms with Gasteiger partial charge in [0.1, 0.15) is 6.04 Å². The van der Waals surface area contributed by atoms with Crippen LogP contribution < -0.4 is 4.90 Å². The number of carbonyl (C=O) groups is 2. The molecule has 1 aliphatic heterocycles. The summed E-state index contributed by atoms with van der Waals surface area (Å²) < 4.78 is 5.00. The summed E-state index contributed by atoms with van der Waals surface area (Å²) in [6.45, 7) is 3.56. The molecule has 4 heteroatoms. The number of rotatable bonds is 2. The van der Waals surface area contributed by atoms with Gasteiger partial charge in [-0.1, -0.05) is 18.2 Å². The Morgan fingerprint density at radius 1 is 1.41 bits per heavy atom. The number of anilines is 1. The van der Waals surface area contributed by atoms with E-state index < -0.39 is 6.04 Å². The fourth-order valence-electron chi connectivity index (χ4n) is 2.20. The van der Waals surface area contributed by atoms with Gasteiger partial charge in [-0.05, 0) is 18.6 Å². The molecule has 1 heterocycles. The molecule has 0 bridgehead atoms. The molecular weight excluding hydrogens is 218 g/mol. The zero-order valence-corrected chi connectivity index (χ0v) is 9.97. The molecule has 0 N–H and O–H groups in total. The number of esters is 1. The average Bonchev–Trinajstić information content (AvgIpc) is 2.68. The van der Waals surface area contributed by atoms with Crippen LogP contribution in [-0.4, -0.2) is 24.5 Å². The predicted octanol–water partition coefficient (Wildman–Crippen LogP) is 1.53. The first-order chi connectivity index (χ1) is 8.15. The number of benzene rings is 1. The number of para-hydroxylation sites is 1. The molecule has 1 aromatic carbocycles. The van der Waals surface area contributed by atoms with Crippen molar-refractivity contribution in [2.24, 2.45) is 0 Å². The molecule has 0 saturated carbocycles. The maximum atomic E-state index is 11.8. The van der Waals surface area contributed by atoms with Gasteiger partial charge in [0.05, 0.1) is 6.61 Å². The van der Waals surface area contributed by atoms with Crippen LogP contribution in [0.15, 0.2) is 24.3 Å². The first kappa shape index (κ1) is 11.6. The van der Waals surface area contributed by atoms with Gasteiger partial charge in [0.2, 0.25) is 5.91 Å². The Morgan fingerprint density at radius 2 is 2.12 bits per heavy atom. The Hall–Kier alpha value is -1.84. The van der Waals surface area contributed by atoms with Gasteiger partial charge in [-0.15, -0.1) is 0 Å². The molecule has 2 rings (SSSR count). The summed E-state index contributed by atoms with van der Waals surface area (Å²) in [5.74, 6) is -0.466. The van der Waals surface area contributed by atoms with E-state index in [0.29, 0.717) is 13.0 Å². The van der Waals surface area contributed by atoms with Gasteiger partial charge in [-0.3, -0.25) is 9.69 Å². The minimum absolute atomic E-state index is 0.131. The Balaban J connectivity index is 2.33. The maximum absolute atomic E-state index is 11.8. The lowest BCUT2D eigenvalue weighted by molar-refractivity contribution is -0.145. The number of nitrogens with zero attached hydrogens (tertiary/aromatic N) is 1. The number of ether oxygens (including phenoxy) is 1. The number of amides is 1. The molecule has 0 fully saturated rings. The molecule has 0 radical (unpaired) electrons. The van der Waals surface area contributed by atoms with Crippen LogP contribution >= 0.6 is 0 Å². The van der Waals surface area contributed by atoms with E-state index in [1.807, 2.05) is 24.3 Å². The highest BCUT2D eigenvalue weighted by atomic mass is 16.5. The van der Waals surface area contributed by atoms with Gasteiger partial charge < -0.3 is 4.74 Å². The van der Waals surface area contributed by atoms with E-state index in [1.54, 1.807) is 6.92 Å². The van der Waals surface area contributed by atoms with E-state index in [-0.39, 0.29) is 11.9 Å². The Bertz CT molecular complexity index is 456. The minimum Gasteiger partial charge on any atom is -0.464 e. The van der Waals surface area contributed by atoms with Gasteiger partial charge >= 0.3 is 5.97 Å². The molecule has 1 amide bonds. The first-order valence-electron chi connectivity index (χ1n) is 5.69. The quantitative estimate of drug-likeness (QED) is 0.728. The lowest BCUT2D eigenvalue weighted by atomic mass is 10.1. The van der Waals surface area contributed by atoms with E-state index in [9.17, 15) is 9.59 Å². The molecule has 0 unspecified atom stereocenters. The minimum atomic E-state index is -0.509. The second kappa shape index (κ2) is 4.57. The monoisotopic (exact) mass is 233 g/mol. The van der Waals surface area contributed by atoms with Gasteiger partial charge in [0.25, 0.3) is 0 Å². The SMILES string of the molecule is CCOC(=O)[C@@H]1Cc2ccccc2N1C(C)=O. The summed E-state index contributed by atoms with van der Waals surface area (Å²) in [4.78, 5) is 25.0. The lowest BCUT2D eigenvalue weighted by Gasteiger charge is -2.22. The lowest BCUT2D eigenvalue weighted by Crippen LogP contribution is -2.42. The van der Waals surface area contributed by atoms with E-state index in [4.69, 9.17) is 4.74 Å². The van der Waals surface area contributed by atoms with Crippen LogP contribution in [0.1, 0.15) is 19.4 Å². The molecule has 4 nitrogen and oxygen atoms in total. The van der Waals surface area contributed by atoms with Crippen molar-refractivity contribution in [2.45, 2.75) is 26.3 Å². The Labute approximate surface area is 100 Å². The van der Waals surface area contributed by atoms with Crippen molar-refractivity contribution in [1.82, 2.24) is 0 Å². The van der Waals surface area contributed by atoms with Crippen LogP contribution in [0.25, 0.3) is 0 Å². The zero-order chi connectivity index (χ0) is 12.4. The molecule has 17 heavy (non-hydrogen) atoms. The average molecular weight is 233 g/mol. The van der Waals surface area contributed by atoms with Gasteiger partial charge in [0.15, 0.2) is 0 Å². The van der Waals surface area contributed by atoms with E-state index >= 15 is 0 Å². The summed E-state index contributed by atoms with van der Waals surface area (Å²) in [5.41, 5.74) is 1.83. The first-order valence-corrected chi connectivity index (χ1v) is 5.69. The van der Waals surface area contributed by atoms with Crippen molar-refractivity contribution in [3.8, 4) is 0 Å². The second-order valence-corrected chi connectivity index (χ2v) is 3.99. The number of carbonyl (C=O) groups excluding carboxylic acids is 2. The predicted molar refractivity (Wildman–Crippen MR) is 63.7 cm³/mol. The smallest absolute Gasteiger partial charge is 0.329 e. The molecule has 0 saturated heterocycles. The molecule has 0 aliphatic carbocycles. The highest BCUT2D eigenvalue weighted by Gasteiger charge is 2.37. The van der Waals surface area contributed by atoms with Gasteiger partial charge in [0, 0.05) is 19.0 Å². The van der Waals surface area contributed by atoms with Crippen molar-refractivity contribution < 1.29 is 14.3 Å². The maximum Gasteiger partial charge on any atom is 0.329 e. The van der Waals surface area contributed by atoms with Gasteiger partial charge in [-0.25, -0.2) is 4.79 Å². The second-order valence-electron chi connectivity index (χ2n) is 3.99. The Morgan fingerprint density at radius 3 is 2.76 bits per heavy atom. The zero-order valence-electron chi connectivity index (χ0n) is 9.97. The molecule has 0 spiro atoms. The van der Waals surface area contributed by atoms with Crippen molar-refractivity contribution in [2.75, 3.05) is 11.5 Å². The van der Waals surface area contributed by atoms with Crippen LogP contribution in [0.4, 0.5) is 5.69 Å². The van der Waals surface area contributed by atoms with Crippen molar-refractivity contribution in [1.29, 1.82) is 0 Å². The molecule has 90 valence electrons. The molecular formula is C13H15NO3. The fraction of sp³-hybridized carbons (Fsp3) is 0.385. The Kier molecular flexibility index (Phi) is 3.13. The van der Waals surface area contributed by atoms with Crippen molar-refractivity contribution >= 4 is 17.6 Å². The largest absolute Gasteiger partial charge is 0.464 e.